The number of pyridine rings is 1. The predicted octanol–water partition coefficient (Wildman–Crippen LogP) is 1.72. The molecule has 86 valence electrons. The molecule has 1 aromatic heterocycles. The monoisotopic (exact) mass is 219 g/mol. The van der Waals surface area contributed by atoms with Gasteiger partial charge >= 0.3 is 0 Å². The highest BCUT2D eigenvalue weighted by Gasteiger charge is 2.02. The van der Waals surface area contributed by atoms with Crippen molar-refractivity contribution < 1.29 is 4.74 Å². The molecule has 0 saturated carbocycles. The molecular formula is C12H17N3O. The molecule has 0 saturated heterocycles. The molecule has 1 N–H and O–H groups in total. The number of rotatable bonds is 6. The van der Waals surface area contributed by atoms with E-state index in [1.54, 1.807) is 18.3 Å². The Labute approximate surface area is 96.3 Å². The fraction of sp³-hybridized carbons (Fsp3) is 0.500. The zero-order valence-corrected chi connectivity index (χ0v) is 9.73. The van der Waals surface area contributed by atoms with Gasteiger partial charge < -0.3 is 10.1 Å². The highest BCUT2D eigenvalue weighted by atomic mass is 16.5. The Balaban J connectivity index is 2.30. The minimum Gasteiger partial charge on any atom is -0.490 e. The number of ether oxygens (including phenoxy) is 1. The van der Waals surface area contributed by atoms with E-state index in [1.807, 2.05) is 6.07 Å². The van der Waals surface area contributed by atoms with Crippen LogP contribution in [0, 0.1) is 11.3 Å². The lowest BCUT2D eigenvalue weighted by molar-refractivity contribution is 0.304. The standard InChI is InChI=1S/C12H17N3O/c1-10(2)14-7-4-8-16-12-5-3-6-15-11(12)9-13/h3,5-6,10,14H,4,7-8H2,1-2H3. The van der Waals surface area contributed by atoms with Crippen molar-refractivity contribution in [2.45, 2.75) is 26.3 Å². The molecule has 0 amide bonds. The van der Waals surface area contributed by atoms with E-state index < -0.39 is 0 Å². The van der Waals surface area contributed by atoms with Crippen molar-refractivity contribution in [2.24, 2.45) is 0 Å². The summed E-state index contributed by atoms with van der Waals surface area (Å²) in [6.45, 7) is 5.73. The molecule has 0 bridgehead atoms. The van der Waals surface area contributed by atoms with E-state index in [-0.39, 0.29) is 0 Å². The lowest BCUT2D eigenvalue weighted by Gasteiger charge is -2.09. The van der Waals surface area contributed by atoms with Crippen LogP contribution in [0.25, 0.3) is 0 Å². The molecule has 0 aromatic carbocycles. The van der Waals surface area contributed by atoms with Crippen LogP contribution >= 0.6 is 0 Å². The second-order valence-corrected chi connectivity index (χ2v) is 3.77. The second kappa shape index (κ2) is 6.81. The summed E-state index contributed by atoms with van der Waals surface area (Å²) in [5.74, 6) is 0.564. The third-order valence-electron chi connectivity index (χ3n) is 2.01. The van der Waals surface area contributed by atoms with Gasteiger partial charge in [0.25, 0.3) is 0 Å². The SMILES string of the molecule is CC(C)NCCCOc1cccnc1C#N. The van der Waals surface area contributed by atoms with Gasteiger partial charge in [-0.15, -0.1) is 0 Å². The van der Waals surface area contributed by atoms with E-state index in [0.29, 0.717) is 24.1 Å². The lowest BCUT2D eigenvalue weighted by Crippen LogP contribution is -2.24. The summed E-state index contributed by atoms with van der Waals surface area (Å²) in [6, 6.07) is 6.03. The van der Waals surface area contributed by atoms with Crippen molar-refractivity contribution in [3.8, 4) is 11.8 Å². The first-order valence-electron chi connectivity index (χ1n) is 5.45. The molecule has 1 heterocycles. The molecule has 1 aromatic rings. The maximum Gasteiger partial charge on any atom is 0.182 e. The Hall–Kier alpha value is -1.60. The van der Waals surface area contributed by atoms with Gasteiger partial charge in [0, 0.05) is 12.2 Å². The predicted molar refractivity (Wildman–Crippen MR) is 62.2 cm³/mol. The summed E-state index contributed by atoms with van der Waals surface area (Å²) >= 11 is 0. The average Bonchev–Trinajstić information content (AvgIpc) is 2.29. The van der Waals surface area contributed by atoms with Crippen molar-refractivity contribution in [1.29, 1.82) is 5.26 Å². The minimum atomic E-state index is 0.347. The highest BCUT2D eigenvalue weighted by Crippen LogP contribution is 2.13. The first kappa shape index (κ1) is 12.5. The number of nitrogens with one attached hydrogen (secondary N) is 1. The first-order valence-corrected chi connectivity index (χ1v) is 5.45. The fourth-order valence-electron chi connectivity index (χ4n) is 1.24. The molecule has 0 aliphatic heterocycles. The minimum absolute atomic E-state index is 0.347. The van der Waals surface area contributed by atoms with E-state index in [2.05, 4.69) is 24.1 Å². The van der Waals surface area contributed by atoms with E-state index in [9.17, 15) is 0 Å². The van der Waals surface area contributed by atoms with Gasteiger partial charge in [-0.25, -0.2) is 4.98 Å². The van der Waals surface area contributed by atoms with Crippen molar-refractivity contribution in [3.05, 3.63) is 24.0 Å². The average molecular weight is 219 g/mol. The Bertz CT molecular complexity index is 358. The molecule has 1 rings (SSSR count). The van der Waals surface area contributed by atoms with Gasteiger partial charge in [0.15, 0.2) is 11.4 Å². The van der Waals surface area contributed by atoms with E-state index in [0.717, 1.165) is 13.0 Å². The third kappa shape index (κ3) is 4.28. The third-order valence-corrected chi connectivity index (χ3v) is 2.01. The molecule has 4 heteroatoms. The molecule has 0 aliphatic rings. The van der Waals surface area contributed by atoms with Gasteiger partial charge in [0.1, 0.15) is 6.07 Å². The van der Waals surface area contributed by atoms with Crippen LogP contribution < -0.4 is 10.1 Å². The maximum atomic E-state index is 8.79. The first-order chi connectivity index (χ1) is 7.74. The quantitative estimate of drug-likeness (QED) is 0.740. The Morgan fingerprint density at radius 2 is 2.38 bits per heavy atom. The van der Waals surface area contributed by atoms with Crippen LogP contribution in [0.2, 0.25) is 0 Å². The fourth-order valence-corrected chi connectivity index (χ4v) is 1.24. The molecule has 0 radical (unpaired) electrons. The summed E-state index contributed by atoms with van der Waals surface area (Å²) in [6.07, 6.45) is 2.50. The zero-order valence-electron chi connectivity index (χ0n) is 9.73. The molecule has 4 nitrogen and oxygen atoms in total. The van der Waals surface area contributed by atoms with Crippen molar-refractivity contribution in [1.82, 2.24) is 10.3 Å². The lowest BCUT2D eigenvalue weighted by atomic mass is 10.3. The summed E-state index contributed by atoms with van der Waals surface area (Å²) in [7, 11) is 0. The van der Waals surface area contributed by atoms with E-state index in [1.165, 1.54) is 0 Å². The molecule has 0 atom stereocenters. The van der Waals surface area contributed by atoms with Crippen LogP contribution in [0.15, 0.2) is 18.3 Å². The molecular weight excluding hydrogens is 202 g/mol. The second-order valence-electron chi connectivity index (χ2n) is 3.77. The van der Waals surface area contributed by atoms with Crippen LogP contribution in [-0.2, 0) is 0 Å². The number of hydrogen-bond donors (Lipinski definition) is 1. The molecule has 0 aliphatic carbocycles. The smallest absolute Gasteiger partial charge is 0.182 e. The molecule has 16 heavy (non-hydrogen) atoms. The van der Waals surface area contributed by atoms with Crippen LogP contribution in [-0.4, -0.2) is 24.2 Å². The van der Waals surface area contributed by atoms with Crippen molar-refractivity contribution >= 4 is 0 Å². The van der Waals surface area contributed by atoms with Crippen LogP contribution in [0.4, 0.5) is 0 Å². The Morgan fingerprint density at radius 1 is 1.56 bits per heavy atom. The Kier molecular flexibility index (Phi) is 5.30. The normalized spacial score (nSPS) is 10.1. The highest BCUT2D eigenvalue weighted by molar-refractivity contribution is 5.36. The van der Waals surface area contributed by atoms with Gasteiger partial charge in [0.2, 0.25) is 0 Å². The summed E-state index contributed by atoms with van der Waals surface area (Å²) in [5, 5.41) is 12.1. The van der Waals surface area contributed by atoms with Gasteiger partial charge in [-0.1, -0.05) is 13.8 Å². The van der Waals surface area contributed by atoms with Gasteiger partial charge in [0.05, 0.1) is 6.61 Å². The number of nitriles is 1. The topological polar surface area (TPSA) is 57.9 Å². The Morgan fingerprint density at radius 3 is 3.06 bits per heavy atom. The molecule has 0 unspecified atom stereocenters. The van der Waals surface area contributed by atoms with Gasteiger partial charge in [-0.2, -0.15) is 5.26 Å². The van der Waals surface area contributed by atoms with Crippen LogP contribution in [0.3, 0.4) is 0 Å². The zero-order chi connectivity index (χ0) is 11.8. The number of hydrogen-bond acceptors (Lipinski definition) is 4. The van der Waals surface area contributed by atoms with Crippen LogP contribution in [0.5, 0.6) is 5.75 Å². The van der Waals surface area contributed by atoms with Gasteiger partial charge in [-0.3, -0.25) is 0 Å². The molecule has 0 spiro atoms. The van der Waals surface area contributed by atoms with Crippen molar-refractivity contribution in [3.63, 3.8) is 0 Å². The van der Waals surface area contributed by atoms with Crippen molar-refractivity contribution in [2.75, 3.05) is 13.2 Å². The largest absolute Gasteiger partial charge is 0.490 e. The van der Waals surface area contributed by atoms with E-state index >= 15 is 0 Å². The summed E-state index contributed by atoms with van der Waals surface area (Å²) in [4.78, 5) is 3.92. The summed E-state index contributed by atoms with van der Waals surface area (Å²) < 4.78 is 5.48. The van der Waals surface area contributed by atoms with Crippen LogP contribution in [0.1, 0.15) is 26.0 Å². The summed E-state index contributed by atoms with van der Waals surface area (Å²) in [5.41, 5.74) is 0.347. The number of aromatic nitrogens is 1. The van der Waals surface area contributed by atoms with E-state index in [4.69, 9.17) is 10.00 Å². The number of nitrogens with zero attached hydrogens (tertiary/aromatic N) is 2. The maximum absolute atomic E-state index is 8.79. The molecule has 0 fully saturated rings. The van der Waals surface area contributed by atoms with Gasteiger partial charge in [-0.05, 0) is 25.1 Å².